The van der Waals surface area contributed by atoms with Gasteiger partial charge in [-0.2, -0.15) is 0 Å². The number of rotatable bonds is 3. The molecule has 4 nitrogen and oxygen atoms in total. The molecule has 1 fully saturated rings. The minimum atomic E-state index is -1.27. The van der Waals surface area contributed by atoms with Gasteiger partial charge in [-0.05, 0) is 62.7 Å². The van der Waals surface area contributed by atoms with Crippen LogP contribution in [0.4, 0.5) is 14.5 Å². The second kappa shape index (κ2) is 7.94. The lowest BCUT2D eigenvalue weighted by Crippen LogP contribution is -2.50. The monoisotopic (exact) mass is 478 g/mol. The van der Waals surface area contributed by atoms with Gasteiger partial charge >= 0.3 is 0 Å². The summed E-state index contributed by atoms with van der Waals surface area (Å²) >= 11 is 1.45. The maximum Gasteiger partial charge on any atom is 0.268 e. The summed E-state index contributed by atoms with van der Waals surface area (Å²) in [7, 11) is 0. The minimum absolute atomic E-state index is 0.205. The molecular formula is C27H24F2N2O2S. The SMILES string of the molecule is Cc1ccc2c(c1)[C@]1(SC(C)(C)CN1C(=O)c1cccc(F)c1)C(=O)N2Cc1ccc(F)cc1. The van der Waals surface area contributed by atoms with Gasteiger partial charge in [-0.3, -0.25) is 9.59 Å². The van der Waals surface area contributed by atoms with Gasteiger partial charge in [-0.25, -0.2) is 8.78 Å². The van der Waals surface area contributed by atoms with Gasteiger partial charge in [0, 0.05) is 22.4 Å². The van der Waals surface area contributed by atoms with Crippen molar-refractivity contribution in [3.05, 3.63) is 101 Å². The number of hydrogen-bond donors (Lipinski definition) is 0. The molecule has 7 heteroatoms. The average molecular weight is 479 g/mol. The lowest BCUT2D eigenvalue weighted by atomic mass is 10.0. The van der Waals surface area contributed by atoms with E-state index in [1.165, 1.54) is 42.1 Å². The Kier molecular flexibility index (Phi) is 5.28. The van der Waals surface area contributed by atoms with Gasteiger partial charge in [0.05, 0.1) is 12.2 Å². The molecule has 1 atom stereocenters. The van der Waals surface area contributed by atoms with E-state index in [1.54, 1.807) is 28.0 Å². The molecule has 34 heavy (non-hydrogen) atoms. The van der Waals surface area contributed by atoms with Crippen LogP contribution < -0.4 is 4.90 Å². The molecule has 3 aromatic rings. The van der Waals surface area contributed by atoms with Crippen LogP contribution in [0.5, 0.6) is 0 Å². The number of fused-ring (bicyclic) bond motifs is 2. The Morgan fingerprint density at radius 2 is 1.74 bits per heavy atom. The molecular weight excluding hydrogens is 454 g/mol. The molecule has 3 aromatic carbocycles. The molecule has 0 bridgehead atoms. The minimum Gasteiger partial charge on any atom is -0.310 e. The van der Waals surface area contributed by atoms with E-state index < -0.39 is 15.4 Å². The van der Waals surface area contributed by atoms with Crippen LogP contribution in [0.3, 0.4) is 0 Å². The molecule has 0 aliphatic carbocycles. The molecule has 5 rings (SSSR count). The predicted octanol–water partition coefficient (Wildman–Crippen LogP) is 5.64. The van der Waals surface area contributed by atoms with Crippen molar-refractivity contribution in [3.63, 3.8) is 0 Å². The highest BCUT2D eigenvalue weighted by Crippen LogP contribution is 2.60. The lowest BCUT2D eigenvalue weighted by molar-refractivity contribution is -0.123. The lowest BCUT2D eigenvalue weighted by Gasteiger charge is -2.33. The van der Waals surface area contributed by atoms with Crippen LogP contribution in [0.1, 0.15) is 40.9 Å². The average Bonchev–Trinajstić information content (AvgIpc) is 3.20. The molecule has 174 valence electrons. The fourth-order valence-electron chi connectivity index (χ4n) is 4.82. The summed E-state index contributed by atoms with van der Waals surface area (Å²) in [6.45, 7) is 6.54. The van der Waals surface area contributed by atoms with Crippen LogP contribution in [-0.2, 0) is 16.2 Å². The molecule has 0 unspecified atom stereocenters. The molecule has 1 saturated heterocycles. The van der Waals surface area contributed by atoms with E-state index in [4.69, 9.17) is 0 Å². The van der Waals surface area contributed by atoms with Crippen molar-refractivity contribution in [2.24, 2.45) is 0 Å². The van der Waals surface area contributed by atoms with Crippen molar-refractivity contribution in [2.75, 3.05) is 11.4 Å². The highest BCUT2D eigenvalue weighted by atomic mass is 32.2. The molecule has 2 aliphatic rings. The number of anilines is 1. The first-order chi connectivity index (χ1) is 16.1. The molecule has 0 radical (unpaired) electrons. The van der Waals surface area contributed by atoms with Crippen LogP contribution in [0.15, 0.2) is 66.7 Å². The number of amides is 2. The van der Waals surface area contributed by atoms with Crippen molar-refractivity contribution in [1.29, 1.82) is 0 Å². The zero-order valence-corrected chi connectivity index (χ0v) is 20.0. The third kappa shape index (κ3) is 3.59. The largest absolute Gasteiger partial charge is 0.310 e. The molecule has 0 saturated carbocycles. The summed E-state index contributed by atoms with van der Waals surface area (Å²) in [4.78, 5) is 30.0. The Labute approximate surface area is 201 Å². The van der Waals surface area contributed by atoms with Crippen LogP contribution >= 0.6 is 11.8 Å². The quantitative estimate of drug-likeness (QED) is 0.489. The second-order valence-corrected chi connectivity index (χ2v) is 11.3. The maximum atomic E-state index is 14.2. The Hall–Kier alpha value is -3.19. The van der Waals surface area contributed by atoms with E-state index >= 15 is 0 Å². The number of halogens is 2. The second-order valence-electron chi connectivity index (χ2n) is 9.45. The van der Waals surface area contributed by atoms with E-state index in [1.807, 2.05) is 39.0 Å². The fraction of sp³-hybridized carbons (Fsp3) is 0.259. The highest BCUT2D eigenvalue weighted by molar-refractivity contribution is 8.02. The van der Waals surface area contributed by atoms with Gasteiger partial charge in [0.25, 0.3) is 11.8 Å². The smallest absolute Gasteiger partial charge is 0.268 e. The Morgan fingerprint density at radius 3 is 2.44 bits per heavy atom. The van der Waals surface area contributed by atoms with E-state index in [2.05, 4.69) is 0 Å². The number of hydrogen-bond acceptors (Lipinski definition) is 3. The number of carbonyl (C=O) groups is 2. The molecule has 2 aliphatic heterocycles. The van der Waals surface area contributed by atoms with E-state index in [0.717, 1.165) is 22.4 Å². The number of carbonyl (C=O) groups excluding carboxylic acids is 2. The van der Waals surface area contributed by atoms with Crippen molar-refractivity contribution in [2.45, 2.75) is 36.9 Å². The summed E-state index contributed by atoms with van der Waals surface area (Å²) < 4.78 is 27.0. The van der Waals surface area contributed by atoms with E-state index in [-0.39, 0.29) is 29.7 Å². The van der Waals surface area contributed by atoms with E-state index in [0.29, 0.717) is 6.54 Å². The van der Waals surface area contributed by atoms with Crippen LogP contribution in [0.25, 0.3) is 0 Å². The predicted molar refractivity (Wildman–Crippen MR) is 130 cm³/mol. The summed E-state index contributed by atoms with van der Waals surface area (Å²) in [5, 5.41) is 0. The standard InChI is InChI=1S/C27H24F2N2O2S/c1-17-7-12-23-22(13-17)27(25(33)30(23)15-18-8-10-20(28)11-9-18)31(16-26(2,3)34-27)24(32)19-5-4-6-21(29)14-19/h4-14H,15-16H2,1-3H3/t27-/m0/s1. The summed E-state index contributed by atoms with van der Waals surface area (Å²) in [5.74, 6) is -1.46. The van der Waals surface area contributed by atoms with Crippen molar-refractivity contribution >= 4 is 29.3 Å². The van der Waals surface area contributed by atoms with Gasteiger partial charge in [0.1, 0.15) is 11.6 Å². The fourth-order valence-corrected chi connectivity index (χ4v) is 6.55. The first kappa shape index (κ1) is 22.6. The molecule has 0 N–H and O–H groups in total. The van der Waals surface area contributed by atoms with Crippen molar-refractivity contribution in [3.8, 4) is 0 Å². The van der Waals surface area contributed by atoms with Crippen molar-refractivity contribution < 1.29 is 18.4 Å². The van der Waals surface area contributed by atoms with Gasteiger partial charge in [0.15, 0.2) is 4.87 Å². The van der Waals surface area contributed by atoms with Crippen LogP contribution in [0, 0.1) is 18.6 Å². The zero-order valence-electron chi connectivity index (χ0n) is 19.1. The first-order valence-corrected chi connectivity index (χ1v) is 11.9. The zero-order chi connectivity index (χ0) is 24.3. The third-order valence-electron chi connectivity index (χ3n) is 6.26. The first-order valence-electron chi connectivity index (χ1n) is 11.1. The topological polar surface area (TPSA) is 40.6 Å². The van der Waals surface area contributed by atoms with E-state index in [9.17, 15) is 18.4 Å². The van der Waals surface area contributed by atoms with Gasteiger partial charge < -0.3 is 9.80 Å². The molecule has 2 amide bonds. The Morgan fingerprint density at radius 1 is 1.00 bits per heavy atom. The molecule has 2 heterocycles. The number of aryl methyl sites for hydroxylation is 1. The summed E-state index contributed by atoms with van der Waals surface area (Å²) in [6, 6.07) is 17.4. The third-order valence-corrected chi connectivity index (χ3v) is 7.85. The van der Waals surface area contributed by atoms with Gasteiger partial charge in [0.2, 0.25) is 0 Å². The number of thioether (sulfide) groups is 1. The van der Waals surface area contributed by atoms with Crippen molar-refractivity contribution in [1.82, 2.24) is 4.90 Å². The maximum absolute atomic E-state index is 14.2. The highest BCUT2D eigenvalue weighted by Gasteiger charge is 2.63. The Balaban J connectivity index is 1.65. The van der Waals surface area contributed by atoms with Gasteiger partial charge in [-0.15, -0.1) is 11.8 Å². The number of benzene rings is 3. The van der Waals surface area contributed by atoms with Gasteiger partial charge in [-0.1, -0.05) is 35.9 Å². The number of nitrogens with zero attached hydrogens (tertiary/aromatic N) is 2. The summed E-state index contributed by atoms with van der Waals surface area (Å²) in [6.07, 6.45) is 0. The Bertz CT molecular complexity index is 1310. The normalized spacial score (nSPS) is 20.8. The van der Waals surface area contributed by atoms with Crippen LogP contribution in [0.2, 0.25) is 0 Å². The molecule has 0 aromatic heterocycles. The molecule has 1 spiro atoms. The summed E-state index contributed by atoms with van der Waals surface area (Å²) in [5.41, 5.74) is 3.43. The van der Waals surface area contributed by atoms with Crippen LogP contribution in [-0.4, -0.2) is 28.0 Å².